The molecule has 6 N–H and O–H groups in total. The fourth-order valence-electron chi connectivity index (χ4n) is 2.30. The Morgan fingerprint density at radius 1 is 1.38 bits per heavy atom. The van der Waals surface area contributed by atoms with Gasteiger partial charge in [-0.25, -0.2) is 0 Å². The number of fused-ring (bicyclic) bond motifs is 1. The Morgan fingerprint density at radius 3 is 2.71 bits per heavy atom. The van der Waals surface area contributed by atoms with Gasteiger partial charge in [0, 0.05) is 21.7 Å². The number of carbonyl (C=O) groups is 1. The molecule has 0 bridgehead atoms. The largest absolute Gasteiger partial charge is 0.406 e. The SMILES string of the molecule is C=C/C=C(\ON)C(=O)Nc1cc(Cl)cc2c(/C=C\N)c(C=C)[nH]c12. The van der Waals surface area contributed by atoms with E-state index >= 15 is 0 Å². The van der Waals surface area contributed by atoms with Crippen LogP contribution in [-0.4, -0.2) is 10.9 Å². The minimum Gasteiger partial charge on any atom is -0.406 e. The first-order chi connectivity index (χ1) is 11.5. The molecule has 2 rings (SSSR count). The summed E-state index contributed by atoms with van der Waals surface area (Å²) in [5, 5.41) is 3.94. The van der Waals surface area contributed by atoms with Gasteiger partial charge in [0.05, 0.1) is 11.2 Å². The van der Waals surface area contributed by atoms with Crippen LogP contribution in [0.5, 0.6) is 0 Å². The van der Waals surface area contributed by atoms with Crippen molar-refractivity contribution in [2.45, 2.75) is 0 Å². The van der Waals surface area contributed by atoms with Crippen LogP contribution in [0.3, 0.4) is 0 Å². The van der Waals surface area contributed by atoms with Gasteiger partial charge in [-0.3, -0.25) is 4.79 Å². The van der Waals surface area contributed by atoms with Gasteiger partial charge >= 0.3 is 0 Å². The number of hydrogen-bond donors (Lipinski definition) is 4. The van der Waals surface area contributed by atoms with E-state index in [0.717, 1.165) is 16.6 Å². The molecular weight excluding hydrogens is 328 g/mol. The molecule has 0 fully saturated rings. The summed E-state index contributed by atoms with van der Waals surface area (Å²) in [5.74, 6) is 4.48. The lowest BCUT2D eigenvalue weighted by molar-refractivity contribution is -0.116. The molecule has 124 valence electrons. The third-order valence-corrected chi connectivity index (χ3v) is 3.50. The molecule has 6 nitrogen and oxygen atoms in total. The molecule has 7 heteroatoms. The van der Waals surface area contributed by atoms with Crippen LogP contribution in [0.4, 0.5) is 5.69 Å². The van der Waals surface area contributed by atoms with Crippen molar-refractivity contribution >= 4 is 46.3 Å². The zero-order valence-electron chi connectivity index (χ0n) is 12.8. The first-order valence-corrected chi connectivity index (χ1v) is 7.30. The highest BCUT2D eigenvalue weighted by molar-refractivity contribution is 6.32. The first-order valence-electron chi connectivity index (χ1n) is 6.92. The molecule has 2 aromatic rings. The molecule has 1 aromatic heterocycles. The van der Waals surface area contributed by atoms with Crippen LogP contribution < -0.4 is 16.9 Å². The van der Waals surface area contributed by atoms with E-state index in [1.54, 1.807) is 24.3 Å². The van der Waals surface area contributed by atoms with E-state index in [4.69, 9.17) is 23.2 Å². The number of amides is 1. The standard InChI is InChI=1S/C17H17ClN4O2/c1-3-5-15(24-20)17(23)22-14-9-10(18)8-12-11(6-7-19)13(4-2)21-16(12)14/h3-9,21H,1-2,19-20H2,(H,22,23)/b7-6-,15-5-. The molecule has 0 aliphatic rings. The number of carbonyl (C=O) groups excluding carboxylic acids is 1. The second-order valence-electron chi connectivity index (χ2n) is 4.73. The number of aromatic amines is 1. The van der Waals surface area contributed by atoms with Crippen molar-refractivity contribution in [2.24, 2.45) is 11.6 Å². The summed E-state index contributed by atoms with van der Waals surface area (Å²) in [6, 6.07) is 3.38. The number of nitrogens with one attached hydrogen (secondary N) is 2. The average Bonchev–Trinajstić information content (AvgIpc) is 2.91. The molecule has 0 saturated carbocycles. The number of H-pyrrole nitrogens is 1. The molecule has 0 spiro atoms. The average molecular weight is 345 g/mol. The molecule has 0 radical (unpaired) electrons. The summed E-state index contributed by atoms with van der Waals surface area (Å²) < 4.78 is 0. The van der Waals surface area contributed by atoms with Gasteiger partial charge in [0.15, 0.2) is 0 Å². The van der Waals surface area contributed by atoms with Gasteiger partial charge in [-0.1, -0.05) is 30.8 Å². The molecule has 1 amide bonds. The van der Waals surface area contributed by atoms with E-state index in [-0.39, 0.29) is 5.76 Å². The molecule has 24 heavy (non-hydrogen) atoms. The summed E-state index contributed by atoms with van der Waals surface area (Å²) in [7, 11) is 0. The maximum Gasteiger partial charge on any atom is 0.293 e. The van der Waals surface area contributed by atoms with Crippen LogP contribution in [0.2, 0.25) is 5.02 Å². The summed E-state index contributed by atoms with van der Waals surface area (Å²) in [6.07, 6.45) is 7.54. The number of nitrogens with two attached hydrogens (primary N) is 2. The molecule has 0 aliphatic carbocycles. The Morgan fingerprint density at radius 2 is 2.12 bits per heavy atom. The number of aromatic nitrogens is 1. The lowest BCUT2D eigenvalue weighted by Gasteiger charge is -2.08. The van der Waals surface area contributed by atoms with Gasteiger partial charge < -0.3 is 20.9 Å². The molecule has 0 unspecified atom stereocenters. The Kier molecular flexibility index (Phi) is 5.47. The normalized spacial score (nSPS) is 11.7. The minimum atomic E-state index is -0.536. The van der Waals surface area contributed by atoms with Gasteiger partial charge in [-0.05, 0) is 36.6 Å². The molecule has 1 heterocycles. The first kappa shape index (κ1) is 17.4. The smallest absolute Gasteiger partial charge is 0.293 e. The summed E-state index contributed by atoms with van der Waals surface area (Å²) in [6.45, 7) is 7.26. The Labute approximate surface area is 144 Å². The predicted octanol–water partition coefficient (Wildman–Crippen LogP) is 3.29. The number of halogens is 1. The minimum absolute atomic E-state index is 0.0873. The van der Waals surface area contributed by atoms with Crippen LogP contribution in [0.1, 0.15) is 11.3 Å². The zero-order valence-corrected chi connectivity index (χ0v) is 13.6. The van der Waals surface area contributed by atoms with Gasteiger partial charge in [0.25, 0.3) is 5.91 Å². The van der Waals surface area contributed by atoms with Crippen molar-refractivity contribution in [2.75, 3.05) is 5.32 Å². The third-order valence-electron chi connectivity index (χ3n) is 3.28. The Balaban J connectivity index is 2.59. The predicted molar refractivity (Wildman–Crippen MR) is 98.8 cm³/mol. The van der Waals surface area contributed by atoms with Gasteiger partial charge in [0.2, 0.25) is 5.76 Å². The van der Waals surface area contributed by atoms with Gasteiger partial charge in [0.1, 0.15) is 0 Å². The third kappa shape index (κ3) is 3.34. The van der Waals surface area contributed by atoms with Gasteiger partial charge in [-0.15, -0.1) is 0 Å². The summed E-state index contributed by atoms with van der Waals surface area (Å²) in [4.78, 5) is 20.0. The zero-order chi connectivity index (χ0) is 17.7. The number of anilines is 1. The highest BCUT2D eigenvalue weighted by Crippen LogP contribution is 2.33. The second-order valence-corrected chi connectivity index (χ2v) is 5.17. The fraction of sp³-hybridized carbons (Fsp3) is 0. The quantitative estimate of drug-likeness (QED) is 0.279. The number of benzene rings is 1. The maximum absolute atomic E-state index is 12.2. The van der Waals surface area contributed by atoms with E-state index in [0.29, 0.717) is 16.2 Å². The van der Waals surface area contributed by atoms with Crippen LogP contribution in [0, 0.1) is 0 Å². The van der Waals surface area contributed by atoms with Crippen LogP contribution in [0.25, 0.3) is 23.1 Å². The molecule has 0 saturated heterocycles. The van der Waals surface area contributed by atoms with Crippen molar-refractivity contribution in [3.63, 3.8) is 0 Å². The summed E-state index contributed by atoms with van der Waals surface area (Å²) in [5.41, 5.74) is 8.21. The Bertz CT molecular complexity index is 865. The van der Waals surface area contributed by atoms with Crippen LogP contribution >= 0.6 is 11.6 Å². The molecule has 0 atom stereocenters. The van der Waals surface area contributed by atoms with Crippen molar-refractivity contribution in [3.8, 4) is 0 Å². The topological polar surface area (TPSA) is 106 Å². The molecule has 0 aliphatic heterocycles. The van der Waals surface area contributed by atoms with E-state index in [1.807, 2.05) is 0 Å². The highest BCUT2D eigenvalue weighted by atomic mass is 35.5. The van der Waals surface area contributed by atoms with Gasteiger partial charge in [-0.2, -0.15) is 5.90 Å². The van der Waals surface area contributed by atoms with E-state index in [2.05, 4.69) is 28.3 Å². The van der Waals surface area contributed by atoms with E-state index in [9.17, 15) is 4.79 Å². The van der Waals surface area contributed by atoms with Crippen LogP contribution in [0.15, 0.2) is 49.4 Å². The number of allylic oxidation sites excluding steroid dienone is 2. The highest BCUT2D eigenvalue weighted by Gasteiger charge is 2.16. The van der Waals surface area contributed by atoms with Crippen molar-refractivity contribution in [1.29, 1.82) is 0 Å². The van der Waals surface area contributed by atoms with Crippen molar-refractivity contribution < 1.29 is 9.63 Å². The lowest BCUT2D eigenvalue weighted by atomic mass is 10.1. The lowest BCUT2D eigenvalue weighted by Crippen LogP contribution is -2.18. The fourth-order valence-corrected chi connectivity index (χ4v) is 2.51. The maximum atomic E-state index is 12.2. The summed E-state index contributed by atoms with van der Waals surface area (Å²) >= 11 is 6.17. The Hall–Kier alpha value is -2.96. The molecular formula is C17H17ClN4O2. The van der Waals surface area contributed by atoms with Crippen molar-refractivity contribution in [3.05, 3.63) is 65.7 Å². The monoisotopic (exact) mass is 344 g/mol. The number of rotatable bonds is 6. The molecule has 1 aromatic carbocycles. The van der Waals surface area contributed by atoms with Crippen LogP contribution in [-0.2, 0) is 9.63 Å². The van der Waals surface area contributed by atoms with E-state index in [1.165, 1.54) is 18.4 Å². The second kappa shape index (κ2) is 7.54. The van der Waals surface area contributed by atoms with Crippen molar-refractivity contribution in [1.82, 2.24) is 4.98 Å². The number of hydrogen-bond acceptors (Lipinski definition) is 4. The van der Waals surface area contributed by atoms with E-state index < -0.39 is 5.91 Å².